The number of benzene rings is 1. The van der Waals surface area contributed by atoms with E-state index < -0.39 is 11.1 Å². The lowest BCUT2D eigenvalue weighted by Crippen LogP contribution is -1.97. The summed E-state index contributed by atoms with van der Waals surface area (Å²) in [6.07, 6.45) is 3.50. The summed E-state index contributed by atoms with van der Waals surface area (Å²) in [4.78, 5) is 0.747. The highest BCUT2D eigenvalue weighted by atomic mass is 32.2. The van der Waals surface area contributed by atoms with Crippen LogP contribution in [0.2, 0.25) is 0 Å². The van der Waals surface area contributed by atoms with Crippen molar-refractivity contribution in [2.75, 3.05) is 6.61 Å². The molecule has 0 fully saturated rings. The predicted molar refractivity (Wildman–Crippen MR) is 63.1 cm³/mol. The van der Waals surface area contributed by atoms with E-state index in [-0.39, 0.29) is 0 Å². The van der Waals surface area contributed by atoms with Gasteiger partial charge in [-0.2, -0.15) is 0 Å². The molecule has 0 aliphatic carbocycles. The zero-order valence-corrected chi connectivity index (χ0v) is 10.2. The van der Waals surface area contributed by atoms with Crippen molar-refractivity contribution in [1.82, 2.24) is 0 Å². The van der Waals surface area contributed by atoms with Gasteiger partial charge in [0.25, 0.3) is 0 Å². The predicted octanol–water partition coefficient (Wildman–Crippen LogP) is 3.09. The molecular formula is C12H18O2S. The van der Waals surface area contributed by atoms with E-state index in [1.807, 2.05) is 31.2 Å². The first-order chi connectivity index (χ1) is 7.27. The topological polar surface area (TPSA) is 26.3 Å². The summed E-state index contributed by atoms with van der Waals surface area (Å²) in [5, 5.41) is 0. The van der Waals surface area contributed by atoms with Gasteiger partial charge in [-0.15, -0.1) is 0 Å². The molecule has 0 amide bonds. The highest BCUT2D eigenvalue weighted by molar-refractivity contribution is 7.80. The number of unbranched alkanes of at least 4 members (excludes halogenated alkanes) is 1. The Bertz CT molecular complexity index is 306. The molecule has 0 aromatic heterocycles. The molecule has 0 radical (unpaired) electrons. The minimum Gasteiger partial charge on any atom is -0.287 e. The molecule has 3 heteroatoms. The van der Waals surface area contributed by atoms with Crippen molar-refractivity contribution in [1.29, 1.82) is 0 Å². The van der Waals surface area contributed by atoms with Gasteiger partial charge in [0.2, 0.25) is 0 Å². The lowest BCUT2D eigenvalue weighted by Gasteiger charge is -2.03. The maximum Gasteiger partial charge on any atom is 0.189 e. The molecular weight excluding hydrogens is 208 g/mol. The second-order valence-corrected chi connectivity index (χ2v) is 4.57. The molecule has 1 aromatic carbocycles. The molecule has 0 aliphatic heterocycles. The van der Waals surface area contributed by atoms with Crippen molar-refractivity contribution < 1.29 is 8.39 Å². The molecule has 84 valence electrons. The third-order valence-electron chi connectivity index (χ3n) is 2.16. The molecule has 15 heavy (non-hydrogen) atoms. The summed E-state index contributed by atoms with van der Waals surface area (Å²) in [6.45, 7) is 4.50. The molecule has 0 bridgehead atoms. The fraction of sp³-hybridized carbons (Fsp3) is 0.500. The van der Waals surface area contributed by atoms with E-state index in [4.69, 9.17) is 4.18 Å². The highest BCUT2D eigenvalue weighted by Gasteiger charge is 2.02. The first kappa shape index (κ1) is 12.4. The van der Waals surface area contributed by atoms with Gasteiger partial charge in [-0.1, -0.05) is 25.5 Å². The highest BCUT2D eigenvalue weighted by Crippen LogP contribution is 2.11. The Balaban J connectivity index is 2.59. The molecule has 0 unspecified atom stereocenters. The lowest BCUT2D eigenvalue weighted by molar-refractivity contribution is 0.371. The average Bonchev–Trinajstić information content (AvgIpc) is 2.27. The Labute approximate surface area is 94.3 Å². The van der Waals surface area contributed by atoms with Crippen LogP contribution in [0.5, 0.6) is 0 Å². The van der Waals surface area contributed by atoms with Crippen molar-refractivity contribution >= 4 is 11.1 Å². The first-order valence-corrected chi connectivity index (χ1v) is 6.49. The standard InChI is InChI=1S/C12H18O2S/c1-3-5-6-11-7-9-12(10-8-11)15(13)14-4-2/h7-10H,3-6H2,1-2H3/t15-/m1/s1. The molecule has 0 heterocycles. The van der Waals surface area contributed by atoms with Crippen LogP contribution in [0.25, 0.3) is 0 Å². The summed E-state index contributed by atoms with van der Waals surface area (Å²) in [5.41, 5.74) is 1.30. The minimum absolute atomic E-state index is 0.476. The van der Waals surface area contributed by atoms with Crippen LogP contribution in [0.4, 0.5) is 0 Å². The van der Waals surface area contributed by atoms with E-state index in [1.165, 1.54) is 18.4 Å². The van der Waals surface area contributed by atoms with E-state index in [2.05, 4.69) is 6.92 Å². The molecule has 0 N–H and O–H groups in total. The SMILES string of the molecule is CCCCc1ccc([S@](=O)OCC)cc1. The summed E-state index contributed by atoms with van der Waals surface area (Å²) < 4.78 is 16.5. The lowest BCUT2D eigenvalue weighted by atomic mass is 10.1. The summed E-state index contributed by atoms with van der Waals surface area (Å²) in [7, 11) is 0. The maximum atomic E-state index is 11.5. The van der Waals surface area contributed by atoms with E-state index in [1.54, 1.807) is 0 Å². The van der Waals surface area contributed by atoms with Crippen LogP contribution in [-0.2, 0) is 21.7 Å². The monoisotopic (exact) mass is 226 g/mol. The molecule has 2 nitrogen and oxygen atoms in total. The van der Waals surface area contributed by atoms with Gasteiger partial charge >= 0.3 is 0 Å². The van der Waals surface area contributed by atoms with E-state index in [9.17, 15) is 4.21 Å². The summed E-state index contributed by atoms with van der Waals surface area (Å²) >= 11 is -1.30. The molecule has 0 saturated heterocycles. The molecule has 0 aliphatic rings. The van der Waals surface area contributed by atoms with Crippen molar-refractivity contribution in [3.8, 4) is 0 Å². The van der Waals surface area contributed by atoms with Crippen LogP contribution in [-0.4, -0.2) is 10.8 Å². The van der Waals surface area contributed by atoms with Crippen molar-refractivity contribution in [3.63, 3.8) is 0 Å². The van der Waals surface area contributed by atoms with Gasteiger partial charge in [0, 0.05) is 0 Å². The van der Waals surface area contributed by atoms with Crippen molar-refractivity contribution in [3.05, 3.63) is 29.8 Å². The van der Waals surface area contributed by atoms with Crippen LogP contribution < -0.4 is 0 Å². The van der Waals surface area contributed by atoms with Crippen LogP contribution in [0, 0.1) is 0 Å². The van der Waals surface area contributed by atoms with Gasteiger partial charge in [-0.05, 0) is 37.5 Å². The van der Waals surface area contributed by atoms with Crippen LogP contribution in [0.3, 0.4) is 0 Å². The smallest absolute Gasteiger partial charge is 0.189 e. The second kappa shape index (κ2) is 6.75. The van der Waals surface area contributed by atoms with Gasteiger partial charge in [-0.3, -0.25) is 4.18 Å². The van der Waals surface area contributed by atoms with Gasteiger partial charge in [0.05, 0.1) is 11.5 Å². The zero-order valence-electron chi connectivity index (χ0n) is 9.36. The van der Waals surface area contributed by atoms with Crippen molar-refractivity contribution in [2.45, 2.75) is 38.0 Å². The van der Waals surface area contributed by atoms with E-state index in [0.29, 0.717) is 6.61 Å². The number of hydrogen-bond acceptors (Lipinski definition) is 2. The Morgan fingerprint density at radius 2 is 1.87 bits per heavy atom. The number of rotatable bonds is 6. The Morgan fingerprint density at radius 1 is 1.20 bits per heavy atom. The Morgan fingerprint density at radius 3 is 2.40 bits per heavy atom. The zero-order chi connectivity index (χ0) is 11.1. The van der Waals surface area contributed by atoms with Crippen LogP contribution in [0.1, 0.15) is 32.3 Å². The molecule has 1 atom stereocenters. The van der Waals surface area contributed by atoms with E-state index >= 15 is 0 Å². The Kier molecular flexibility index (Phi) is 5.58. The second-order valence-electron chi connectivity index (χ2n) is 3.39. The normalized spacial score (nSPS) is 12.7. The first-order valence-electron chi connectivity index (χ1n) is 5.42. The third kappa shape index (κ3) is 4.14. The average molecular weight is 226 g/mol. The maximum absolute atomic E-state index is 11.5. The van der Waals surface area contributed by atoms with Gasteiger partial charge < -0.3 is 0 Å². The number of aryl methyl sites for hydroxylation is 1. The number of hydrogen-bond donors (Lipinski definition) is 0. The molecule has 0 saturated carbocycles. The van der Waals surface area contributed by atoms with Gasteiger partial charge in [0.15, 0.2) is 11.1 Å². The largest absolute Gasteiger partial charge is 0.287 e. The Hall–Kier alpha value is -0.670. The fourth-order valence-electron chi connectivity index (χ4n) is 1.32. The quantitative estimate of drug-likeness (QED) is 0.745. The van der Waals surface area contributed by atoms with Gasteiger partial charge in [0.1, 0.15) is 0 Å². The minimum atomic E-state index is -1.30. The van der Waals surface area contributed by atoms with E-state index in [0.717, 1.165) is 11.3 Å². The molecule has 1 aromatic rings. The molecule has 1 rings (SSSR count). The molecule has 0 spiro atoms. The fourth-order valence-corrected chi connectivity index (χ4v) is 2.03. The van der Waals surface area contributed by atoms with Crippen LogP contribution in [0.15, 0.2) is 29.2 Å². The van der Waals surface area contributed by atoms with Crippen molar-refractivity contribution in [2.24, 2.45) is 0 Å². The third-order valence-corrected chi connectivity index (χ3v) is 3.27. The van der Waals surface area contributed by atoms with Gasteiger partial charge in [-0.25, -0.2) is 4.21 Å². The summed E-state index contributed by atoms with van der Waals surface area (Å²) in [6, 6.07) is 7.83. The summed E-state index contributed by atoms with van der Waals surface area (Å²) in [5.74, 6) is 0. The van der Waals surface area contributed by atoms with Crippen LogP contribution >= 0.6 is 0 Å².